The van der Waals surface area contributed by atoms with Gasteiger partial charge in [0.05, 0.1) is 25.4 Å². The van der Waals surface area contributed by atoms with E-state index in [-0.39, 0.29) is 6.10 Å². The third-order valence-electron chi connectivity index (χ3n) is 4.71. The van der Waals surface area contributed by atoms with Gasteiger partial charge in [-0.3, -0.25) is 0 Å². The SMILES string of the molecule is CC1CCCCC1CNCC(O)COCC1CCCO1. The van der Waals surface area contributed by atoms with Crippen LogP contribution in [0.15, 0.2) is 0 Å². The minimum Gasteiger partial charge on any atom is -0.389 e. The Balaban J connectivity index is 1.47. The van der Waals surface area contributed by atoms with Gasteiger partial charge in [-0.25, -0.2) is 0 Å². The Morgan fingerprint density at radius 1 is 1.25 bits per heavy atom. The first-order valence-corrected chi connectivity index (χ1v) is 8.34. The molecule has 2 aliphatic rings. The van der Waals surface area contributed by atoms with Gasteiger partial charge in [0.15, 0.2) is 0 Å². The molecule has 2 N–H and O–H groups in total. The number of hydrogen-bond acceptors (Lipinski definition) is 4. The highest BCUT2D eigenvalue weighted by atomic mass is 16.5. The zero-order valence-corrected chi connectivity index (χ0v) is 12.9. The van der Waals surface area contributed by atoms with Crippen molar-refractivity contribution in [3.63, 3.8) is 0 Å². The molecule has 2 rings (SSSR count). The third kappa shape index (κ3) is 5.68. The van der Waals surface area contributed by atoms with Gasteiger partial charge in [-0.2, -0.15) is 0 Å². The monoisotopic (exact) mass is 285 g/mol. The van der Waals surface area contributed by atoms with E-state index in [0.717, 1.165) is 37.8 Å². The summed E-state index contributed by atoms with van der Waals surface area (Å²) < 4.78 is 11.0. The predicted octanol–water partition coefficient (Wildman–Crippen LogP) is 1.96. The van der Waals surface area contributed by atoms with Crippen LogP contribution in [0, 0.1) is 11.8 Å². The predicted molar refractivity (Wildman–Crippen MR) is 79.8 cm³/mol. The van der Waals surface area contributed by atoms with Crippen LogP contribution in [-0.4, -0.2) is 50.2 Å². The van der Waals surface area contributed by atoms with E-state index in [1.165, 1.54) is 25.7 Å². The van der Waals surface area contributed by atoms with Gasteiger partial charge >= 0.3 is 0 Å². The lowest BCUT2D eigenvalue weighted by Crippen LogP contribution is -2.36. The minimum atomic E-state index is -0.407. The van der Waals surface area contributed by atoms with Gasteiger partial charge in [0.1, 0.15) is 0 Å². The van der Waals surface area contributed by atoms with Gasteiger partial charge in [-0.05, 0) is 37.6 Å². The fraction of sp³-hybridized carbons (Fsp3) is 1.00. The molecule has 0 aromatic rings. The average molecular weight is 285 g/mol. The molecule has 1 saturated heterocycles. The Bertz CT molecular complexity index is 256. The summed E-state index contributed by atoms with van der Waals surface area (Å²) in [5.74, 6) is 1.60. The van der Waals surface area contributed by atoms with Crippen molar-refractivity contribution in [1.82, 2.24) is 5.32 Å². The fourth-order valence-corrected chi connectivity index (χ4v) is 3.30. The van der Waals surface area contributed by atoms with Crippen LogP contribution in [0.5, 0.6) is 0 Å². The molecular weight excluding hydrogens is 254 g/mol. The summed E-state index contributed by atoms with van der Waals surface area (Å²) >= 11 is 0. The minimum absolute atomic E-state index is 0.248. The van der Waals surface area contributed by atoms with Gasteiger partial charge in [0.2, 0.25) is 0 Å². The molecule has 0 aromatic heterocycles. The van der Waals surface area contributed by atoms with Crippen LogP contribution >= 0.6 is 0 Å². The molecule has 1 heterocycles. The lowest BCUT2D eigenvalue weighted by atomic mass is 9.80. The van der Waals surface area contributed by atoms with Crippen LogP contribution in [0.1, 0.15) is 45.4 Å². The highest BCUT2D eigenvalue weighted by molar-refractivity contribution is 4.74. The lowest BCUT2D eigenvalue weighted by molar-refractivity contribution is -0.0167. The topological polar surface area (TPSA) is 50.7 Å². The van der Waals surface area contributed by atoms with E-state index in [9.17, 15) is 5.11 Å². The van der Waals surface area contributed by atoms with Crippen LogP contribution < -0.4 is 5.32 Å². The van der Waals surface area contributed by atoms with E-state index >= 15 is 0 Å². The number of aliphatic hydroxyl groups is 1. The van der Waals surface area contributed by atoms with Crippen LogP contribution in [-0.2, 0) is 9.47 Å². The Kier molecular flexibility index (Phi) is 7.28. The van der Waals surface area contributed by atoms with E-state index in [2.05, 4.69) is 12.2 Å². The van der Waals surface area contributed by atoms with Crippen molar-refractivity contribution in [3.05, 3.63) is 0 Å². The van der Waals surface area contributed by atoms with Crippen LogP contribution in [0.25, 0.3) is 0 Å². The summed E-state index contributed by atoms with van der Waals surface area (Å²) in [6.07, 6.45) is 7.51. The molecule has 0 spiro atoms. The first-order valence-electron chi connectivity index (χ1n) is 8.34. The van der Waals surface area contributed by atoms with E-state index in [1.807, 2.05) is 0 Å². The van der Waals surface area contributed by atoms with Crippen molar-refractivity contribution in [2.24, 2.45) is 11.8 Å². The summed E-state index contributed by atoms with van der Waals surface area (Å²) in [6.45, 7) is 5.91. The molecule has 4 atom stereocenters. The summed E-state index contributed by atoms with van der Waals surface area (Å²) in [4.78, 5) is 0. The molecule has 0 amide bonds. The molecule has 0 bridgehead atoms. The second-order valence-corrected chi connectivity index (χ2v) is 6.51. The summed E-state index contributed by atoms with van der Waals surface area (Å²) in [7, 11) is 0. The summed E-state index contributed by atoms with van der Waals surface area (Å²) in [5.41, 5.74) is 0. The highest BCUT2D eigenvalue weighted by Gasteiger charge is 2.21. The summed E-state index contributed by atoms with van der Waals surface area (Å²) in [5, 5.41) is 13.3. The quantitative estimate of drug-likeness (QED) is 0.716. The molecule has 118 valence electrons. The van der Waals surface area contributed by atoms with E-state index in [0.29, 0.717) is 19.8 Å². The largest absolute Gasteiger partial charge is 0.389 e. The maximum atomic E-state index is 9.89. The normalized spacial score (nSPS) is 32.4. The molecule has 2 fully saturated rings. The molecule has 1 aliphatic heterocycles. The van der Waals surface area contributed by atoms with Gasteiger partial charge in [-0.15, -0.1) is 0 Å². The smallest absolute Gasteiger partial charge is 0.0897 e. The number of hydrogen-bond donors (Lipinski definition) is 2. The van der Waals surface area contributed by atoms with Crippen LogP contribution in [0.4, 0.5) is 0 Å². The van der Waals surface area contributed by atoms with E-state index < -0.39 is 6.10 Å². The fourth-order valence-electron chi connectivity index (χ4n) is 3.30. The Morgan fingerprint density at radius 2 is 2.10 bits per heavy atom. The maximum absolute atomic E-state index is 9.89. The van der Waals surface area contributed by atoms with E-state index in [4.69, 9.17) is 9.47 Å². The van der Waals surface area contributed by atoms with Crippen molar-refractivity contribution in [2.45, 2.75) is 57.7 Å². The first-order chi connectivity index (χ1) is 9.75. The number of ether oxygens (including phenoxy) is 2. The Hall–Kier alpha value is -0.160. The van der Waals surface area contributed by atoms with Gasteiger partial charge in [0, 0.05) is 13.2 Å². The lowest BCUT2D eigenvalue weighted by Gasteiger charge is -2.29. The van der Waals surface area contributed by atoms with Gasteiger partial charge in [-0.1, -0.05) is 26.2 Å². The van der Waals surface area contributed by atoms with Gasteiger partial charge in [0.25, 0.3) is 0 Å². The Morgan fingerprint density at radius 3 is 2.85 bits per heavy atom. The number of rotatable bonds is 8. The second-order valence-electron chi connectivity index (χ2n) is 6.51. The van der Waals surface area contributed by atoms with Crippen molar-refractivity contribution >= 4 is 0 Å². The first kappa shape index (κ1) is 16.2. The zero-order chi connectivity index (χ0) is 14.2. The average Bonchev–Trinajstić information content (AvgIpc) is 2.94. The summed E-state index contributed by atoms with van der Waals surface area (Å²) in [6, 6.07) is 0. The molecule has 4 nitrogen and oxygen atoms in total. The standard InChI is InChI=1S/C16H31NO3/c1-13-5-2-3-6-14(13)9-17-10-15(18)11-19-12-16-7-4-8-20-16/h13-18H,2-12H2,1H3. The van der Waals surface area contributed by atoms with Crippen molar-refractivity contribution < 1.29 is 14.6 Å². The molecular formula is C16H31NO3. The maximum Gasteiger partial charge on any atom is 0.0897 e. The number of nitrogens with one attached hydrogen (secondary N) is 1. The van der Waals surface area contributed by atoms with Crippen LogP contribution in [0.3, 0.4) is 0 Å². The second kappa shape index (κ2) is 8.98. The number of aliphatic hydroxyl groups excluding tert-OH is 1. The van der Waals surface area contributed by atoms with E-state index in [1.54, 1.807) is 0 Å². The molecule has 1 saturated carbocycles. The van der Waals surface area contributed by atoms with Crippen molar-refractivity contribution in [3.8, 4) is 0 Å². The molecule has 4 unspecified atom stereocenters. The highest BCUT2D eigenvalue weighted by Crippen LogP contribution is 2.28. The molecule has 0 radical (unpaired) electrons. The Labute approximate surface area is 123 Å². The molecule has 20 heavy (non-hydrogen) atoms. The zero-order valence-electron chi connectivity index (χ0n) is 12.9. The van der Waals surface area contributed by atoms with Crippen molar-refractivity contribution in [1.29, 1.82) is 0 Å². The molecule has 4 heteroatoms. The van der Waals surface area contributed by atoms with Gasteiger partial charge < -0.3 is 19.9 Å². The van der Waals surface area contributed by atoms with Crippen LogP contribution in [0.2, 0.25) is 0 Å². The molecule has 1 aliphatic carbocycles. The van der Waals surface area contributed by atoms with Crippen molar-refractivity contribution in [2.75, 3.05) is 32.9 Å². The third-order valence-corrected chi connectivity index (χ3v) is 4.71. The molecule has 0 aromatic carbocycles.